The maximum absolute atomic E-state index is 6.82. The van der Waals surface area contributed by atoms with Crippen molar-refractivity contribution in [1.82, 2.24) is 18.5 Å². The zero-order valence-corrected chi connectivity index (χ0v) is 34.0. The van der Waals surface area contributed by atoms with Crippen LogP contribution in [0.2, 0.25) is 0 Å². The second-order valence-electron chi connectivity index (χ2n) is 16.8. The minimum Gasteiger partial charge on any atom is -0.509 e. The monoisotopic (exact) mass is 876 g/mol. The van der Waals surface area contributed by atoms with Gasteiger partial charge in [-0.15, -0.1) is 35.2 Å². The van der Waals surface area contributed by atoms with Crippen molar-refractivity contribution in [3.05, 3.63) is 150 Å². The van der Waals surface area contributed by atoms with Crippen LogP contribution in [0.4, 0.5) is 22.7 Å². The van der Waals surface area contributed by atoms with Gasteiger partial charge in [-0.25, -0.2) is 4.98 Å². The van der Waals surface area contributed by atoms with Crippen LogP contribution in [0.15, 0.2) is 109 Å². The van der Waals surface area contributed by atoms with Gasteiger partial charge in [-0.05, 0) is 77.1 Å². The molecule has 10 rings (SSSR count). The zero-order valence-electron chi connectivity index (χ0n) is 31.7. The van der Waals surface area contributed by atoms with E-state index in [1.807, 2.05) is 12.3 Å². The summed E-state index contributed by atoms with van der Waals surface area (Å²) in [5, 5.41) is 2.27. The quantitative estimate of drug-likeness (QED) is 0.127. The molecule has 2 aromatic heterocycles. The van der Waals surface area contributed by atoms with Gasteiger partial charge in [0.2, 0.25) is 0 Å². The number of quaternary nitrogens is 2. The average molecular weight is 877 g/mol. The molecule has 1 fully saturated rings. The maximum Gasteiger partial charge on any atom is 0.184 e. The molecule has 5 nitrogen and oxygen atoms in total. The fourth-order valence-electron chi connectivity index (χ4n) is 8.15. The second kappa shape index (κ2) is 12.2. The van der Waals surface area contributed by atoms with Crippen LogP contribution in [0, 0.1) is 32.6 Å². The van der Waals surface area contributed by atoms with E-state index < -0.39 is 0 Å². The molecule has 2 atom stereocenters. The van der Waals surface area contributed by atoms with Crippen LogP contribution >= 0.6 is 0 Å². The van der Waals surface area contributed by atoms with Crippen molar-refractivity contribution in [2.24, 2.45) is 0 Å². The number of para-hydroxylation sites is 2. The minimum atomic E-state index is -0.105. The molecule has 0 radical (unpaired) electrons. The number of aromatic nitrogens is 2. The smallest absolute Gasteiger partial charge is 0.184 e. The summed E-state index contributed by atoms with van der Waals surface area (Å²) < 4.78 is 10.4. The Kier molecular flexibility index (Phi) is 8.20. The van der Waals surface area contributed by atoms with E-state index in [1.165, 1.54) is 39.3 Å². The third kappa shape index (κ3) is 5.51. The van der Waals surface area contributed by atoms with E-state index >= 15 is 0 Å². The summed E-state index contributed by atoms with van der Waals surface area (Å²) in [7, 11) is 0. The van der Waals surface area contributed by atoms with Crippen molar-refractivity contribution in [3.63, 3.8) is 0 Å². The largest absolute Gasteiger partial charge is 0.509 e. The molecule has 0 unspecified atom stereocenters. The molecule has 5 aromatic carbocycles. The first kappa shape index (κ1) is 35.5. The molecule has 0 amide bonds. The molecule has 0 spiro atoms. The Bertz CT molecular complexity index is 2550. The van der Waals surface area contributed by atoms with Crippen LogP contribution in [-0.4, -0.2) is 16.2 Å². The summed E-state index contributed by atoms with van der Waals surface area (Å²) in [6.07, 6.45) is 1.91. The molecule has 7 aromatic rings. The summed E-state index contributed by atoms with van der Waals surface area (Å²) in [4.78, 5) is 4.86. The first-order valence-corrected chi connectivity index (χ1v) is 18.3. The fourth-order valence-corrected chi connectivity index (χ4v) is 8.15. The number of benzene rings is 5. The van der Waals surface area contributed by atoms with E-state index in [1.54, 1.807) is 0 Å². The number of hydrogen-bond donors (Lipinski definition) is 0. The van der Waals surface area contributed by atoms with Gasteiger partial charge in [0.25, 0.3) is 0 Å². The molecule has 3 aliphatic heterocycles. The SMILES string of the molecule is Cc1cc2c(cc1C)[N@+]1(c3[c-]c(Oc4[c-]c5c(cc4)c4ccccc4n5-c4cc(C(C)(C)C)ccn4)cc(C(C)(C)C)c3)[CH-][N@@+]2(c2ccccc2)C1.[Pt]. The van der Waals surface area contributed by atoms with Crippen LogP contribution in [0.5, 0.6) is 11.5 Å². The second-order valence-corrected chi connectivity index (χ2v) is 16.8. The van der Waals surface area contributed by atoms with E-state index in [9.17, 15) is 0 Å². The molecule has 0 saturated carbocycles. The Morgan fingerprint density at radius 3 is 2.04 bits per heavy atom. The van der Waals surface area contributed by atoms with Crippen molar-refractivity contribution in [2.75, 3.05) is 6.67 Å². The molecule has 270 valence electrons. The fraction of sp³-hybridized carbons (Fsp3) is 0.234. The Morgan fingerprint density at radius 2 is 1.34 bits per heavy atom. The molecule has 53 heavy (non-hydrogen) atoms. The Labute approximate surface area is 327 Å². The Hall–Kier alpha value is -4.54. The van der Waals surface area contributed by atoms with Crippen LogP contribution in [-0.2, 0) is 31.9 Å². The molecule has 5 heterocycles. The van der Waals surface area contributed by atoms with Gasteiger partial charge in [0.15, 0.2) is 18.0 Å². The van der Waals surface area contributed by atoms with Gasteiger partial charge in [-0.2, -0.15) is 6.07 Å². The van der Waals surface area contributed by atoms with Crippen molar-refractivity contribution >= 4 is 44.6 Å². The number of nitrogens with zero attached hydrogens (tertiary/aromatic N) is 4. The summed E-state index contributed by atoms with van der Waals surface area (Å²) >= 11 is 0. The first-order valence-electron chi connectivity index (χ1n) is 18.3. The van der Waals surface area contributed by atoms with Crippen LogP contribution in [0.3, 0.4) is 0 Å². The van der Waals surface area contributed by atoms with Crippen LogP contribution in [0.1, 0.15) is 63.8 Å². The third-order valence-electron chi connectivity index (χ3n) is 11.3. The molecule has 2 bridgehead atoms. The van der Waals surface area contributed by atoms with Crippen molar-refractivity contribution in [1.29, 1.82) is 0 Å². The number of ether oxygens (including phenoxy) is 1. The van der Waals surface area contributed by atoms with E-state index in [0.717, 1.165) is 44.5 Å². The minimum absolute atomic E-state index is 0. The Morgan fingerprint density at radius 1 is 0.679 bits per heavy atom. The van der Waals surface area contributed by atoms with Gasteiger partial charge in [-0.1, -0.05) is 89.5 Å². The van der Waals surface area contributed by atoms with E-state index in [-0.39, 0.29) is 31.9 Å². The molecule has 1 saturated heterocycles. The summed E-state index contributed by atoms with van der Waals surface area (Å²) in [5.41, 5.74) is 12.0. The average Bonchev–Trinajstić information content (AvgIpc) is 3.68. The third-order valence-corrected chi connectivity index (χ3v) is 11.3. The van der Waals surface area contributed by atoms with Gasteiger partial charge < -0.3 is 13.8 Å². The molecular formula is C47H45N4OPt-. The number of fused-ring (bicyclic) bond motifs is 3. The maximum atomic E-state index is 6.82. The summed E-state index contributed by atoms with van der Waals surface area (Å²) in [5.74, 6) is 2.21. The first-order chi connectivity index (χ1) is 24.8. The Balaban J connectivity index is 0.00000400. The molecule has 0 N–H and O–H groups in total. The van der Waals surface area contributed by atoms with Gasteiger partial charge in [0.1, 0.15) is 11.5 Å². The number of hydrogen-bond acceptors (Lipinski definition) is 2. The van der Waals surface area contributed by atoms with Gasteiger partial charge >= 0.3 is 0 Å². The number of aryl methyl sites for hydroxylation is 2. The molecular weight excluding hydrogens is 832 g/mol. The molecule has 0 aliphatic carbocycles. The summed E-state index contributed by atoms with van der Waals surface area (Å²) in [6, 6.07) is 44.6. The zero-order chi connectivity index (χ0) is 36.2. The van der Waals surface area contributed by atoms with Crippen molar-refractivity contribution in [3.8, 4) is 17.3 Å². The van der Waals surface area contributed by atoms with Crippen molar-refractivity contribution < 1.29 is 25.8 Å². The normalized spacial score (nSPS) is 19.2. The molecule has 6 heteroatoms. The topological polar surface area (TPSA) is 27.1 Å². The van der Waals surface area contributed by atoms with E-state index in [0.29, 0.717) is 16.0 Å². The van der Waals surface area contributed by atoms with E-state index in [2.05, 4.69) is 176 Å². The van der Waals surface area contributed by atoms with Crippen LogP contribution in [0.25, 0.3) is 27.6 Å². The van der Waals surface area contributed by atoms with Gasteiger partial charge in [0.05, 0.1) is 6.67 Å². The van der Waals surface area contributed by atoms with Gasteiger partial charge in [-0.3, -0.25) is 4.48 Å². The molecule has 3 aliphatic rings. The predicted molar refractivity (Wildman–Crippen MR) is 215 cm³/mol. The number of pyridine rings is 1. The van der Waals surface area contributed by atoms with Gasteiger partial charge in [0, 0.05) is 62.1 Å². The van der Waals surface area contributed by atoms with Crippen LogP contribution < -0.4 is 13.7 Å². The summed E-state index contributed by atoms with van der Waals surface area (Å²) in [6.45, 7) is 21.3. The van der Waals surface area contributed by atoms with E-state index in [4.69, 9.17) is 9.72 Å². The predicted octanol–water partition coefficient (Wildman–Crippen LogP) is 12.2. The van der Waals surface area contributed by atoms with Crippen molar-refractivity contribution in [2.45, 2.75) is 66.2 Å². The standard InChI is InChI=1S/C47H45N4O.Pt/c1-31-22-43-44(23-32(31)2)51(29-50(43,30-51)35-14-10-9-11-15-35)36-24-34(47(6,7)8)25-38(27-36)52-37-18-19-40-39-16-12-13-17-41(39)49(42(40)28-37)45-26-33(20-21-48-45)46(3,4)5;/h9-26,29H,30H2,1-8H3;/q-1;/t50-,51+;/m0./s1. The number of rotatable bonds is 5.